The van der Waals surface area contributed by atoms with Crippen LogP contribution in [0.15, 0.2) is 0 Å². The van der Waals surface area contributed by atoms with Crippen LogP contribution >= 0.6 is 0 Å². The molecule has 0 aliphatic heterocycles. The van der Waals surface area contributed by atoms with Gasteiger partial charge in [0.1, 0.15) is 13.2 Å². The van der Waals surface area contributed by atoms with Crippen LogP contribution in [0, 0.1) is 5.92 Å². The van der Waals surface area contributed by atoms with Gasteiger partial charge in [0.2, 0.25) is 0 Å². The molecule has 0 spiro atoms. The van der Waals surface area contributed by atoms with Gasteiger partial charge in [0, 0.05) is 19.3 Å². The largest absolute Gasteiger partial charge is 0.462 e. The lowest BCUT2D eigenvalue weighted by molar-refractivity contribution is -0.167. The molecule has 0 aromatic carbocycles. The van der Waals surface area contributed by atoms with Crippen LogP contribution in [0.4, 0.5) is 0 Å². The maximum Gasteiger partial charge on any atom is 0.306 e. The molecule has 0 rings (SSSR count). The third kappa shape index (κ3) is 45.8. The summed E-state index contributed by atoms with van der Waals surface area (Å²) in [4.78, 5) is 37.9. The van der Waals surface area contributed by atoms with Crippen LogP contribution in [0.2, 0.25) is 0 Å². The molecular formula is C53H102O6. The van der Waals surface area contributed by atoms with Gasteiger partial charge in [-0.15, -0.1) is 0 Å². The van der Waals surface area contributed by atoms with Gasteiger partial charge < -0.3 is 14.2 Å². The van der Waals surface area contributed by atoms with Crippen molar-refractivity contribution < 1.29 is 28.6 Å². The predicted octanol–water partition coefficient (Wildman–Crippen LogP) is 17.1. The first-order valence-corrected chi connectivity index (χ1v) is 26.4. The van der Waals surface area contributed by atoms with Gasteiger partial charge in [-0.2, -0.15) is 0 Å². The van der Waals surface area contributed by atoms with Gasteiger partial charge in [-0.1, -0.05) is 259 Å². The van der Waals surface area contributed by atoms with Crippen molar-refractivity contribution in [2.45, 2.75) is 303 Å². The molecule has 0 amide bonds. The third-order valence-electron chi connectivity index (χ3n) is 12.4. The molecule has 0 aromatic rings. The van der Waals surface area contributed by atoms with E-state index in [9.17, 15) is 14.4 Å². The van der Waals surface area contributed by atoms with Crippen molar-refractivity contribution in [1.82, 2.24) is 0 Å². The lowest BCUT2D eigenvalue weighted by atomic mass is 10.00. The molecule has 0 aliphatic carbocycles. The van der Waals surface area contributed by atoms with Crippen molar-refractivity contribution in [2.24, 2.45) is 5.92 Å². The second-order valence-electron chi connectivity index (χ2n) is 18.4. The standard InChI is InChI=1S/C53H102O6/c1-5-8-10-12-14-16-18-20-22-24-25-27-29-31-36-40-44-51(54)57-47-50(48-58-52(55)45-41-37-34-33-35-39-43-49(4)7-3)59-53(56)46-42-38-32-30-28-26-23-21-19-17-15-13-11-9-6-2/h49-50H,5-48H2,1-4H3/t49?,50-/m1/s1. The highest BCUT2D eigenvalue weighted by molar-refractivity contribution is 5.71. The Balaban J connectivity index is 4.28. The lowest BCUT2D eigenvalue weighted by Gasteiger charge is -2.18. The zero-order valence-corrected chi connectivity index (χ0v) is 40.2. The Kier molecular flexibility index (Phi) is 46.2. The molecular weight excluding hydrogens is 733 g/mol. The van der Waals surface area contributed by atoms with E-state index in [1.54, 1.807) is 0 Å². The molecule has 0 radical (unpaired) electrons. The summed E-state index contributed by atoms with van der Waals surface area (Å²) in [5, 5.41) is 0. The second kappa shape index (κ2) is 47.5. The van der Waals surface area contributed by atoms with Crippen molar-refractivity contribution >= 4 is 17.9 Å². The van der Waals surface area contributed by atoms with E-state index >= 15 is 0 Å². The van der Waals surface area contributed by atoms with Crippen molar-refractivity contribution in [3.63, 3.8) is 0 Å². The Bertz CT molecular complexity index is 889. The molecule has 0 aliphatic rings. The summed E-state index contributed by atoms with van der Waals surface area (Å²) in [5.74, 6) is -0.0316. The Morgan fingerprint density at radius 2 is 0.593 bits per heavy atom. The monoisotopic (exact) mass is 835 g/mol. The van der Waals surface area contributed by atoms with Crippen LogP contribution in [0.3, 0.4) is 0 Å². The zero-order chi connectivity index (χ0) is 43.1. The lowest BCUT2D eigenvalue weighted by Crippen LogP contribution is -2.30. The normalized spacial score (nSPS) is 12.4. The SMILES string of the molecule is CCCCCCCCCCCCCCCCCCC(=O)OC[C@H](COC(=O)CCCCCCCCC(C)CC)OC(=O)CCCCCCCCCCCCCCCCC. The Labute approximate surface area is 368 Å². The van der Waals surface area contributed by atoms with E-state index in [0.29, 0.717) is 19.3 Å². The minimum absolute atomic E-state index is 0.0633. The number of hydrogen-bond donors (Lipinski definition) is 0. The first-order valence-electron chi connectivity index (χ1n) is 26.4. The van der Waals surface area contributed by atoms with E-state index < -0.39 is 6.10 Å². The molecule has 0 saturated carbocycles. The fourth-order valence-corrected chi connectivity index (χ4v) is 8.01. The highest BCUT2D eigenvalue weighted by Crippen LogP contribution is 2.18. The summed E-state index contributed by atoms with van der Waals surface area (Å²) in [6, 6.07) is 0. The topological polar surface area (TPSA) is 78.9 Å². The molecule has 6 nitrogen and oxygen atoms in total. The Morgan fingerprint density at radius 1 is 0.339 bits per heavy atom. The summed E-state index contributed by atoms with van der Waals surface area (Å²) >= 11 is 0. The molecule has 0 heterocycles. The molecule has 59 heavy (non-hydrogen) atoms. The van der Waals surface area contributed by atoms with Gasteiger partial charge in [0.25, 0.3) is 0 Å². The summed E-state index contributed by atoms with van der Waals surface area (Å²) < 4.78 is 16.8. The van der Waals surface area contributed by atoms with Crippen molar-refractivity contribution in [1.29, 1.82) is 0 Å². The van der Waals surface area contributed by atoms with E-state index in [2.05, 4.69) is 27.7 Å². The molecule has 0 N–H and O–H groups in total. The summed E-state index contributed by atoms with van der Waals surface area (Å²) in [7, 11) is 0. The van der Waals surface area contributed by atoms with E-state index in [4.69, 9.17) is 14.2 Å². The minimum Gasteiger partial charge on any atom is -0.462 e. The van der Waals surface area contributed by atoms with Crippen LogP contribution in [0.1, 0.15) is 297 Å². The quantitative estimate of drug-likeness (QED) is 0.0345. The van der Waals surface area contributed by atoms with Gasteiger partial charge in [-0.25, -0.2) is 0 Å². The fourth-order valence-electron chi connectivity index (χ4n) is 8.01. The van der Waals surface area contributed by atoms with Gasteiger partial charge in [-0.05, 0) is 25.2 Å². The summed E-state index contributed by atoms with van der Waals surface area (Å²) in [5.41, 5.74) is 0. The zero-order valence-electron chi connectivity index (χ0n) is 40.2. The van der Waals surface area contributed by atoms with Crippen LogP contribution in [-0.2, 0) is 28.6 Å². The maximum atomic E-state index is 12.8. The maximum absolute atomic E-state index is 12.8. The number of unbranched alkanes of at least 4 members (excludes halogenated alkanes) is 34. The van der Waals surface area contributed by atoms with E-state index in [-0.39, 0.29) is 31.1 Å². The van der Waals surface area contributed by atoms with E-state index in [0.717, 1.165) is 63.7 Å². The minimum atomic E-state index is -0.761. The average Bonchev–Trinajstić information content (AvgIpc) is 3.23. The summed E-state index contributed by atoms with van der Waals surface area (Å²) in [6.45, 7) is 9.01. The van der Waals surface area contributed by atoms with E-state index in [1.807, 2.05) is 0 Å². The fraction of sp³-hybridized carbons (Fsp3) is 0.943. The van der Waals surface area contributed by atoms with E-state index in [1.165, 1.54) is 193 Å². The number of hydrogen-bond acceptors (Lipinski definition) is 6. The Morgan fingerprint density at radius 3 is 0.881 bits per heavy atom. The van der Waals surface area contributed by atoms with Crippen LogP contribution in [-0.4, -0.2) is 37.2 Å². The number of carbonyl (C=O) groups excluding carboxylic acids is 3. The highest BCUT2D eigenvalue weighted by atomic mass is 16.6. The average molecular weight is 835 g/mol. The number of esters is 3. The summed E-state index contributed by atoms with van der Waals surface area (Å²) in [6.07, 6.45) is 49.5. The third-order valence-corrected chi connectivity index (χ3v) is 12.4. The molecule has 350 valence electrons. The first kappa shape index (κ1) is 57.4. The van der Waals surface area contributed by atoms with Crippen molar-refractivity contribution in [3.05, 3.63) is 0 Å². The van der Waals surface area contributed by atoms with Crippen LogP contribution in [0.5, 0.6) is 0 Å². The molecule has 0 aromatic heterocycles. The van der Waals surface area contributed by atoms with Crippen LogP contribution in [0.25, 0.3) is 0 Å². The van der Waals surface area contributed by atoms with Crippen molar-refractivity contribution in [3.8, 4) is 0 Å². The van der Waals surface area contributed by atoms with Gasteiger partial charge in [0.15, 0.2) is 6.10 Å². The Hall–Kier alpha value is -1.59. The molecule has 1 unspecified atom stereocenters. The molecule has 0 fully saturated rings. The molecule has 0 saturated heterocycles. The molecule has 0 bridgehead atoms. The first-order chi connectivity index (χ1) is 28.9. The molecule has 6 heteroatoms. The number of ether oxygens (including phenoxy) is 3. The van der Waals surface area contributed by atoms with Crippen molar-refractivity contribution in [2.75, 3.05) is 13.2 Å². The number of rotatable bonds is 48. The van der Waals surface area contributed by atoms with Gasteiger partial charge in [0.05, 0.1) is 0 Å². The smallest absolute Gasteiger partial charge is 0.306 e. The molecule has 2 atom stereocenters. The predicted molar refractivity (Wildman–Crippen MR) is 252 cm³/mol. The van der Waals surface area contributed by atoms with Gasteiger partial charge >= 0.3 is 17.9 Å². The number of carbonyl (C=O) groups is 3. The second-order valence-corrected chi connectivity index (χ2v) is 18.4. The highest BCUT2D eigenvalue weighted by Gasteiger charge is 2.19. The van der Waals surface area contributed by atoms with Crippen LogP contribution < -0.4 is 0 Å². The van der Waals surface area contributed by atoms with Gasteiger partial charge in [-0.3, -0.25) is 14.4 Å².